The van der Waals surface area contributed by atoms with Crippen molar-refractivity contribution in [2.24, 2.45) is 12.8 Å². The van der Waals surface area contributed by atoms with Gasteiger partial charge in [0, 0.05) is 18.8 Å². The van der Waals surface area contributed by atoms with Crippen LogP contribution in [0.25, 0.3) is 0 Å². The summed E-state index contributed by atoms with van der Waals surface area (Å²) >= 11 is 0. The maximum Gasteiger partial charge on any atom is 0.0628 e. The average Bonchev–Trinajstić information content (AvgIpc) is 2.39. The molecular formula is C11H21N3. The molecule has 14 heavy (non-hydrogen) atoms. The summed E-state index contributed by atoms with van der Waals surface area (Å²) in [6, 6.07) is 0.328. The molecule has 0 fully saturated rings. The minimum atomic E-state index is 0.328. The van der Waals surface area contributed by atoms with Gasteiger partial charge in [0.1, 0.15) is 0 Å². The first kappa shape index (κ1) is 11.2. The summed E-state index contributed by atoms with van der Waals surface area (Å²) in [5.41, 5.74) is 9.69. The van der Waals surface area contributed by atoms with Crippen molar-refractivity contribution in [2.75, 3.05) is 0 Å². The quantitative estimate of drug-likeness (QED) is 0.794. The first-order chi connectivity index (χ1) is 6.56. The average molecular weight is 195 g/mol. The highest BCUT2D eigenvalue weighted by molar-refractivity contribution is 5.24. The third kappa shape index (κ3) is 2.35. The van der Waals surface area contributed by atoms with Crippen molar-refractivity contribution in [1.29, 1.82) is 0 Å². The Balaban J connectivity index is 2.67. The smallest absolute Gasteiger partial charge is 0.0628 e. The van der Waals surface area contributed by atoms with Crippen molar-refractivity contribution in [2.45, 2.75) is 46.1 Å². The van der Waals surface area contributed by atoms with Crippen LogP contribution in [0.5, 0.6) is 0 Å². The maximum absolute atomic E-state index is 5.90. The predicted molar refractivity (Wildman–Crippen MR) is 59.3 cm³/mol. The summed E-state index contributed by atoms with van der Waals surface area (Å²) in [6.45, 7) is 6.32. The summed E-state index contributed by atoms with van der Waals surface area (Å²) in [4.78, 5) is 0. The third-order valence-corrected chi connectivity index (χ3v) is 2.95. The number of nitrogens with zero attached hydrogens (tertiary/aromatic N) is 2. The second kappa shape index (κ2) is 4.60. The van der Waals surface area contributed by atoms with E-state index in [4.69, 9.17) is 5.73 Å². The van der Waals surface area contributed by atoms with Gasteiger partial charge in [-0.25, -0.2) is 0 Å². The van der Waals surface area contributed by atoms with Gasteiger partial charge < -0.3 is 5.73 Å². The van der Waals surface area contributed by atoms with E-state index in [1.807, 2.05) is 11.7 Å². The van der Waals surface area contributed by atoms with E-state index in [2.05, 4.69) is 25.9 Å². The summed E-state index contributed by atoms with van der Waals surface area (Å²) in [5.74, 6) is 0. The highest BCUT2D eigenvalue weighted by atomic mass is 15.3. The van der Waals surface area contributed by atoms with E-state index in [9.17, 15) is 0 Å². The number of hydrogen-bond donors (Lipinski definition) is 1. The summed E-state index contributed by atoms with van der Waals surface area (Å²) < 4.78 is 1.95. The summed E-state index contributed by atoms with van der Waals surface area (Å²) in [5, 5.41) is 4.39. The standard InChI is InChI=1S/C11H21N3/c1-5-10(12)6-7-11-8(2)13-14(4)9(11)3/h10H,5-7,12H2,1-4H3. The van der Waals surface area contributed by atoms with E-state index < -0.39 is 0 Å². The second-order valence-electron chi connectivity index (χ2n) is 3.98. The Morgan fingerprint density at radius 2 is 2.07 bits per heavy atom. The number of aromatic nitrogens is 2. The van der Waals surface area contributed by atoms with E-state index >= 15 is 0 Å². The third-order valence-electron chi connectivity index (χ3n) is 2.95. The zero-order chi connectivity index (χ0) is 10.7. The van der Waals surface area contributed by atoms with Gasteiger partial charge in [-0.1, -0.05) is 6.92 Å². The second-order valence-corrected chi connectivity index (χ2v) is 3.98. The first-order valence-corrected chi connectivity index (χ1v) is 5.30. The Morgan fingerprint density at radius 1 is 1.43 bits per heavy atom. The lowest BCUT2D eigenvalue weighted by atomic mass is 10.0. The molecule has 80 valence electrons. The van der Waals surface area contributed by atoms with Gasteiger partial charge in [-0.05, 0) is 38.7 Å². The van der Waals surface area contributed by atoms with Crippen LogP contribution in [0.4, 0.5) is 0 Å². The fraction of sp³-hybridized carbons (Fsp3) is 0.727. The molecule has 0 saturated heterocycles. The molecule has 1 aromatic heterocycles. The fourth-order valence-corrected chi connectivity index (χ4v) is 1.71. The Hall–Kier alpha value is -0.830. The molecular weight excluding hydrogens is 174 g/mol. The Labute approximate surface area is 86.3 Å². The van der Waals surface area contributed by atoms with E-state index in [1.54, 1.807) is 0 Å². The van der Waals surface area contributed by atoms with Gasteiger partial charge in [-0.3, -0.25) is 4.68 Å². The number of hydrogen-bond acceptors (Lipinski definition) is 2. The van der Waals surface area contributed by atoms with Crippen molar-refractivity contribution < 1.29 is 0 Å². The lowest BCUT2D eigenvalue weighted by Gasteiger charge is -2.08. The van der Waals surface area contributed by atoms with Crippen LogP contribution < -0.4 is 5.73 Å². The topological polar surface area (TPSA) is 43.8 Å². The molecule has 0 aliphatic rings. The molecule has 0 aromatic carbocycles. The van der Waals surface area contributed by atoms with Crippen LogP contribution in [0.2, 0.25) is 0 Å². The molecule has 1 heterocycles. The molecule has 0 aliphatic heterocycles. The highest BCUT2D eigenvalue weighted by Crippen LogP contribution is 2.14. The molecule has 1 aromatic rings. The van der Waals surface area contributed by atoms with Gasteiger partial charge in [0.15, 0.2) is 0 Å². The first-order valence-electron chi connectivity index (χ1n) is 5.30. The molecule has 2 N–H and O–H groups in total. The molecule has 1 atom stereocenters. The van der Waals surface area contributed by atoms with Crippen molar-refractivity contribution in [3.63, 3.8) is 0 Å². The van der Waals surface area contributed by atoms with E-state index in [-0.39, 0.29) is 0 Å². The van der Waals surface area contributed by atoms with Crippen molar-refractivity contribution in [3.05, 3.63) is 17.0 Å². The molecule has 1 rings (SSSR count). The van der Waals surface area contributed by atoms with Gasteiger partial charge in [0.25, 0.3) is 0 Å². The zero-order valence-corrected chi connectivity index (χ0v) is 9.67. The van der Waals surface area contributed by atoms with E-state index in [0.717, 1.165) is 25.0 Å². The van der Waals surface area contributed by atoms with Crippen molar-refractivity contribution in [3.8, 4) is 0 Å². The molecule has 0 spiro atoms. The SMILES string of the molecule is CCC(N)CCc1c(C)nn(C)c1C. The Bertz CT molecular complexity index is 302. The van der Waals surface area contributed by atoms with Crippen LogP contribution in [-0.4, -0.2) is 15.8 Å². The Morgan fingerprint density at radius 3 is 2.50 bits per heavy atom. The van der Waals surface area contributed by atoms with Crippen LogP contribution in [0.3, 0.4) is 0 Å². The lowest BCUT2D eigenvalue weighted by molar-refractivity contribution is 0.594. The number of rotatable bonds is 4. The number of aryl methyl sites for hydroxylation is 2. The minimum Gasteiger partial charge on any atom is -0.328 e. The molecule has 3 nitrogen and oxygen atoms in total. The van der Waals surface area contributed by atoms with Gasteiger partial charge in [-0.2, -0.15) is 5.10 Å². The molecule has 0 saturated carbocycles. The lowest BCUT2D eigenvalue weighted by Crippen LogP contribution is -2.19. The Kier molecular flexibility index (Phi) is 3.69. The van der Waals surface area contributed by atoms with Gasteiger partial charge in [0.05, 0.1) is 5.69 Å². The maximum atomic E-state index is 5.90. The van der Waals surface area contributed by atoms with Crippen LogP contribution in [0.15, 0.2) is 0 Å². The molecule has 0 amide bonds. The summed E-state index contributed by atoms with van der Waals surface area (Å²) in [7, 11) is 1.99. The van der Waals surface area contributed by atoms with Crippen LogP contribution in [0.1, 0.15) is 36.7 Å². The van der Waals surface area contributed by atoms with Crippen LogP contribution >= 0.6 is 0 Å². The van der Waals surface area contributed by atoms with E-state index in [1.165, 1.54) is 11.3 Å². The zero-order valence-electron chi connectivity index (χ0n) is 9.67. The highest BCUT2D eigenvalue weighted by Gasteiger charge is 2.10. The van der Waals surface area contributed by atoms with Crippen LogP contribution in [0, 0.1) is 13.8 Å². The summed E-state index contributed by atoms with van der Waals surface area (Å²) in [6.07, 6.45) is 3.17. The van der Waals surface area contributed by atoms with Gasteiger partial charge in [0.2, 0.25) is 0 Å². The predicted octanol–water partition coefficient (Wildman–Crippen LogP) is 1.71. The molecule has 1 unspecified atom stereocenters. The van der Waals surface area contributed by atoms with E-state index in [0.29, 0.717) is 6.04 Å². The largest absolute Gasteiger partial charge is 0.328 e. The van der Waals surface area contributed by atoms with Crippen molar-refractivity contribution in [1.82, 2.24) is 9.78 Å². The van der Waals surface area contributed by atoms with Crippen LogP contribution in [-0.2, 0) is 13.5 Å². The molecule has 0 bridgehead atoms. The monoisotopic (exact) mass is 195 g/mol. The normalized spacial score (nSPS) is 13.2. The molecule has 3 heteroatoms. The molecule has 0 aliphatic carbocycles. The van der Waals surface area contributed by atoms with Crippen molar-refractivity contribution >= 4 is 0 Å². The molecule has 0 radical (unpaired) electrons. The van der Waals surface area contributed by atoms with Gasteiger partial charge >= 0.3 is 0 Å². The van der Waals surface area contributed by atoms with Gasteiger partial charge in [-0.15, -0.1) is 0 Å². The fourth-order valence-electron chi connectivity index (χ4n) is 1.71. The minimum absolute atomic E-state index is 0.328. The number of nitrogens with two attached hydrogens (primary N) is 1.